The van der Waals surface area contributed by atoms with E-state index in [1.807, 2.05) is 0 Å². The fourth-order valence-corrected chi connectivity index (χ4v) is 12.3. The van der Waals surface area contributed by atoms with Crippen molar-refractivity contribution < 1.29 is 131 Å². The summed E-state index contributed by atoms with van der Waals surface area (Å²) >= 11 is 1.13. The molecule has 0 aromatic heterocycles. The first kappa shape index (κ1) is 108. The predicted octanol–water partition coefficient (Wildman–Crippen LogP) is -9.41. The van der Waals surface area contributed by atoms with Gasteiger partial charge in [-0.3, -0.25) is 112 Å². The van der Waals surface area contributed by atoms with Crippen LogP contribution in [0.25, 0.3) is 0 Å². The minimum atomic E-state index is -2.00. The molecule has 1 saturated heterocycles. The average Bonchev–Trinajstić information content (AvgIpc) is 1.64. The Morgan fingerprint density at radius 2 is 0.820 bits per heavy atom. The molecule has 51 heteroatoms. The van der Waals surface area contributed by atoms with E-state index in [-0.39, 0.29) is 101 Å². The largest absolute Gasteiger partial charge is 0.481 e. The number of carboxylic acids is 5. The smallest absolute Gasteiger partial charge is 0.303 e. The molecule has 0 radical (unpaired) electrons. The third-order valence-corrected chi connectivity index (χ3v) is 18.5. The van der Waals surface area contributed by atoms with E-state index < -0.39 is 287 Å². The van der Waals surface area contributed by atoms with Crippen molar-refractivity contribution in [2.45, 2.75) is 229 Å². The lowest BCUT2D eigenvalue weighted by molar-refractivity contribution is -0.142. The van der Waals surface area contributed by atoms with Crippen molar-refractivity contribution in [3.8, 4) is 0 Å². The maximum atomic E-state index is 14.3. The summed E-state index contributed by atoms with van der Waals surface area (Å²) in [6.45, 7) is 3.67. The van der Waals surface area contributed by atoms with E-state index in [4.69, 9.17) is 38.5 Å². The van der Waals surface area contributed by atoms with Gasteiger partial charge in [0, 0.05) is 71.0 Å². The van der Waals surface area contributed by atoms with Gasteiger partial charge in [-0.2, -0.15) is 11.8 Å². The molecule has 0 aromatic rings. The molecule has 122 heavy (non-hydrogen) atoms. The second-order valence-corrected chi connectivity index (χ2v) is 29.5. The van der Waals surface area contributed by atoms with Gasteiger partial charge < -0.3 is 143 Å². The van der Waals surface area contributed by atoms with Crippen LogP contribution in [0.4, 0.5) is 0 Å². The molecule has 0 saturated carbocycles. The molecule has 1 fully saturated rings. The highest BCUT2D eigenvalue weighted by Gasteiger charge is 2.41. The van der Waals surface area contributed by atoms with Crippen LogP contribution in [-0.4, -0.2) is 310 Å². The number of hydrogen-bond acceptors (Lipinski definition) is 26. The summed E-state index contributed by atoms with van der Waals surface area (Å²) in [7, 11) is 0. The molecule has 0 spiro atoms. The van der Waals surface area contributed by atoms with Gasteiger partial charge in [0.05, 0.1) is 19.7 Å². The fraction of sp³-hybridized carbons (Fsp3) is 0.676. The summed E-state index contributed by atoms with van der Waals surface area (Å²) in [4.78, 5) is 275. The number of thioether (sulfide) groups is 1. The standard InChI is InChI=1S/C71H119N23O27S/c1-36(2)31-47(93-68(119)49-14-10-29-94(49)69(120)46(13-9-27-80-71(76)77)92-61(112)40(84-38(4)95)12-8-26-79-70(74)75)60(111)82-33-51(97)86-48(35-122-5)67(118)83-37(3)59(110)81-32-50(96)78-28-30-121-34-52(98)85-41(15-20-53(99)100)62(113)88-43(17-22-55(103)104)64(115)90-45(19-24-57(107)108)66(117)91-44(18-23-56(105)106)65(116)89-42(16-21-54(101)102)63(114)87-39(58(73)109)11-6-7-25-72/h36-37,39-49H,6-35,72H2,1-5H3,(H2,73,109)(H,78,96)(H,81,110)(H,82,111)(H,83,118)(H,84,95)(H,85,98)(H,86,97)(H,87,114)(H,88,113)(H,89,116)(H,90,115)(H,91,117)(H,92,112)(H,93,119)(H,99,100)(H,101,102)(H,103,104)(H,105,106)(H,107,108)(H4,74,75,79)(H4,76,77,80)/t37-,39+,40+,41+,42+,43+,44+,45+,46+,47-,48-,49-/m0/s1. The third kappa shape index (κ3) is 46.3. The molecule has 16 amide bonds. The SMILES string of the molecule is CSC[C@H](NC(=O)CNC(=O)[C@H](CC(C)C)NC(=O)[C@@H]1CCCN1C(=O)[C@@H](CCCNC(=N)N)NC(=O)[C@@H](CCCNC(=N)N)NC(C)=O)C(=O)N[C@@H](C)C(=O)NCC(=O)NCCOCC(=O)N[C@H](CCC(=O)O)C(=O)N[C@H](CCC(=O)O)C(=O)N[C@H](CCC(=O)O)C(=O)N[C@H](CCC(=O)O)C(=O)N[C@H](CCC(=O)O)C(=O)N[C@H](CCCCN)C(N)=O. The van der Waals surface area contributed by atoms with Crippen molar-refractivity contribution in [1.29, 1.82) is 10.8 Å². The van der Waals surface area contributed by atoms with Crippen molar-refractivity contribution >= 4 is 148 Å². The number of rotatable bonds is 63. The van der Waals surface area contributed by atoms with Crippen LogP contribution in [0.3, 0.4) is 0 Å². The highest BCUT2D eigenvalue weighted by molar-refractivity contribution is 7.98. The Labute approximate surface area is 705 Å². The minimum absolute atomic E-state index is 0.0101. The number of nitrogens with zero attached hydrogens (tertiary/aromatic N) is 1. The zero-order valence-corrected chi connectivity index (χ0v) is 69.4. The Kier molecular flexibility index (Phi) is 51.7. The van der Waals surface area contributed by atoms with Crippen LogP contribution in [-0.2, 0) is 105 Å². The topological polar surface area (TPSA) is 816 Å². The first-order chi connectivity index (χ1) is 57.4. The quantitative estimate of drug-likeness (QED) is 0.0153. The number of guanidine groups is 2. The Balaban J connectivity index is 3.09. The van der Waals surface area contributed by atoms with Gasteiger partial charge in [-0.1, -0.05) is 13.8 Å². The van der Waals surface area contributed by atoms with Crippen LogP contribution >= 0.6 is 11.8 Å². The van der Waals surface area contributed by atoms with Gasteiger partial charge in [-0.15, -0.1) is 0 Å². The summed E-state index contributed by atoms with van der Waals surface area (Å²) in [6.07, 6.45) is -4.32. The van der Waals surface area contributed by atoms with Crippen LogP contribution in [0.15, 0.2) is 0 Å². The molecule has 0 aliphatic carbocycles. The maximum absolute atomic E-state index is 14.3. The maximum Gasteiger partial charge on any atom is 0.303 e. The van der Waals surface area contributed by atoms with Crippen molar-refractivity contribution in [3.05, 3.63) is 0 Å². The summed E-state index contributed by atoms with van der Waals surface area (Å²) < 4.78 is 5.28. The van der Waals surface area contributed by atoms with Crippen LogP contribution < -0.4 is 108 Å². The minimum Gasteiger partial charge on any atom is -0.481 e. The molecule has 1 rings (SSSR count). The number of nitrogens with two attached hydrogens (primary N) is 4. The summed E-state index contributed by atoms with van der Waals surface area (Å²) in [5, 5.41) is 101. The number of nitrogens with one attached hydrogen (secondary N) is 18. The predicted molar refractivity (Wildman–Crippen MR) is 430 cm³/mol. The Morgan fingerprint density at radius 3 is 1.24 bits per heavy atom. The summed E-state index contributed by atoms with van der Waals surface area (Å²) in [6, 6.07) is -18.1. The molecule has 0 aromatic carbocycles. The zero-order chi connectivity index (χ0) is 92.3. The van der Waals surface area contributed by atoms with Crippen molar-refractivity contribution in [2.24, 2.45) is 28.9 Å². The molecule has 50 nitrogen and oxygen atoms in total. The fourth-order valence-electron chi connectivity index (χ4n) is 11.7. The van der Waals surface area contributed by atoms with Crippen LogP contribution in [0.1, 0.15) is 156 Å². The normalized spacial score (nSPS) is 14.8. The monoisotopic (exact) mass is 1760 g/mol. The summed E-state index contributed by atoms with van der Waals surface area (Å²) in [5.41, 5.74) is 21.7. The Hall–Kier alpha value is -12.3. The molecule has 12 atom stereocenters. The van der Waals surface area contributed by atoms with E-state index >= 15 is 0 Å². The van der Waals surface area contributed by atoms with Crippen molar-refractivity contribution in [2.75, 3.05) is 71.0 Å². The van der Waals surface area contributed by atoms with Gasteiger partial charge in [0.1, 0.15) is 79.1 Å². The molecule has 1 aliphatic rings. The van der Waals surface area contributed by atoms with Gasteiger partial charge in [0.25, 0.3) is 0 Å². The Bertz CT molecular complexity index is 3650. The van der Waals surface area contributed by atoms with Crippen molar-refractivity contribution in [1.82, 2.24) is 90.0 Å². The molecule has 0 bridgehead atoms. The number of likely N-dealkylation sites (tertiary alicyclic amines) is 1. The lowest BCUT2D eigenvalue weighted by atomic mass is 10.0. The molecule has 1 heterocycles. The van der Waals surface area contributed by atoms with Crippen LogP contribution in [0.2, 0.25) is 0 Å². The second-order valence-electron chi connectivity index (χ2n) is 28.6. The third-order valence-electron chi connectivity index (χ3n) is 17.9. The lowest BCUT2D eigenvalue weighted by Gasteiger charge is -2.31. The number of amides is 16. The first-order valence-corrected chi connectivity index (χ1v) is 40.5. The summed E-state index contributed by atoms with van der Waals surface area (Å²) in [5.74, 6) is -23.8. The highest BCUT2D eigenvalue weighted by Crippen LogP contribution is 2.22. The number of carbonyl (C=O) groups is 21. The molecule has 0 unspecified atom stereocenters. The van der Waals surface area contributed by atoms with E-state index in [0.29, 0.717) is 19.3 Å². The van der Waals surface area contributed by atoms with Crippen molar-refractivity contribution in [3.63, 3.8) is 0 Å². The number of carboxylic acid groups (broad SMARTS) is 5. The molecular weight excluding hydrogens is 1640 g/mol. The van der Waals surface area contributed by atoms with E-state index in [9.17, 15) is 126 Å². The van der Waals surface area contributed by atoms with Crippen LogP contribution in [0, 0.1) is 16.7 Å². The number of ether oxygens (including phenoxy) is 1. The number of primary amides is 1. The average molecular weight is 1760 g/mol. The van der Waals surface area contributed by atoms with E-state index in [1.54, 1.807) is 20.1 Å². The molecule has 31 N–H and O–H groups in total. The molecule has 1 aliphatic heterocycles. The van der Waals surface area contributed by atoms with Gasteiger partial charge in [0.15, 0.2) is 11.9 Å². The lowest BCUT2D eigenvalue weighted by Crippen LogP contribution is -2.59. The van der Waals surface area contributed by atoms with Gasteiger partial charge in [-0.05, 0) is 122 Å². The number of aliphatic carboxylic acids is 5. The number of carbonyl (C=O) groups excluding carboxylic acids is 16. The van der Waals surface area contributed by atoms with E-state index in [2.05, 4.69) is 85.1 Å². The second kappa shape index (κ2) is 58.6. The first-order valence-electron chi connectivity index (χ1n) is 39.1. The van der Waals surface area contributed by atoms with Crippen LogP contribution in [0.5, 0.6) is 0 Å². The molecule has 686 valence electrons. The van der Waals surface area contributed by atoms with Gasteiger partial charge in [0.2, 0.25) is 94.5 Å². The van der Waals surface area contributed by atoms with Gasteiger partial charge in [-0.25, -0.2) is 0 Å². The van der Waals surface area contributed by atoms with E-state index in [1.165, 1.54) is 18.7 Å². The zero-order valence-electron chi connectivity index (χ0n) is 68.6. The number of unbranched alkanes of at least 4 members (excludes halogenated alkanes) is 1. The number of hydrogen-bond donors (Lipinski definition) is 27. The highest BCUT2D eigenvalue weighted by atomic mass is 32.2. The van der Waals surface area contributed by atoms with E-state index in [0.717, 1.165) is 11.8 Å². The Morgan fingerprint density at radius 1 is 0.426 bits per heavy atom. The van der Waals surface area contributed by atoms with Gasteiger partial charge >= 0.3 is 29.8 Å². The molecular formula is C71H119N23O27S.